The van der Waals surface area contributed by atoms with Crippen molar-refractivity contribution in [3.05, 3.63) is 67.9 Å². The first-order valence-electron chi connectivity index (χ1n) is 6.12. The number of benzene rings is 2. The lowest BCUT2D eigenvalue weighted by Crippen LogP contribution is -2.05. The van der Waals surface area contributed by atoms with Gasteiger partial charge < -0.3 is 0 Å². The summed E-state index contributed by atoms with van der Waals surface area (Å²) in [5.41, 5.74) is 3.12. The third kappa shape index (κ3) is 3.28. The van der Waals surface area contributed by atoms with Crippen LogP contribution in [0.1, 0.15) is 27.0 Å². The normalized spacial score (nSPS) is 10.7. The van der Waals surface area contributed by atoms with Gasteiger partial charge in [0, 0.05) is 21.5 Å². The lowest BCUT2D eigenvalue weighted by atomic mass is 9.99. The van der Waals surface area contributed by atoms with Crippen molar-refractivity contribution in [1.82, 2.24) is 0 Å². The van der Waals surface area contributed by atoms with Crippen LogP contribution in [0.3, 0.4) is 0 Å². The number of Topliss-reactive ketones (excluding diaryl/α,β-unsaturated/α-hetero) is 1. The minimum Gasteiger partial charge on any atom is -0.294 e. The maximum absolute atomic E-state index is 13.2. The van der Waals surface area contributed by atoms with Gasteiger partial charge in [-0.05, 0) is 60.9 Å². The average Bonchev–Trinajstić information content (AvgIpc) is 2.39. The molecule has 0 atom stereocenters. The molecule has 1 nitrogen and oxygen atoms in total. The van der Waals surface area contributed by atoms with Crippen LogP contribution in [0.25, 0.3) is 0 Å². The van der Waals surface area contributed by atoms with E-state index in [0.717, 1.165) is 15.6 Å². The molecule has 0 aliphatic rings. The van der Waals surface area contributed by atoms with Crippen LogP contribution >= 0.6 is 27.5 Å². The van der Waals surface area contributed by atoms with Crippen LogP contribution in [0.5, 0.6) is 0 Å². The maximum Gasteiger partial charge on any atom is 0.167 e. The molecule has 0 spiro atoms. The van der Waals surface area contributed by atoms with Crippen molar-refractivity contribution in [2.45, 2.75) is 20.3 Å². The average molecular weight is 356 g/mol. The maximum atomic E-state index is 13.2. The van der Waals surface area contributed by atoms with Gasteiger partial charge in [-0.1, -0.05) is 27.5 Å². The quantitative estimate of drug-likeness (QED) is 0.684. The molecule has 104 valence electrons. The van der Waals surface area contributed by atoms with Gasteiger partial charge in [0.15, 0.2) is 5.78 Å². The van der Waals surface area contributed by atoms with Crippen molar-refractivity contribution in [2.75, 3.05) is 0 Å². The van der Waals surface area contributed by atoms with E-state index in [1.165, 1.54) is 18.2 Å². The zero-order chi connectivity index (χ0) is 14.9. The van der Waals surface area contributed by atoms with Crippen molar-refractivity contribution >= 4 is 33.3 Å². The van der Waals surface area contributed by atoms with Gasteiger partial charge in [-0.15, -0.1) is 0 Å². The third-order valence-electron chi connectivity index (χ3n) is 3.12. The molecule has 0 bridgehead atoms. The van der Waals surface area contributed by atoms with Gasteiger partial charge in [-0.3, -0.25) is 4.79 Å². The molecular formula is C16H13BrClFO. The number of aryl methyl sites for hydroxylation is 2. The molecule has 0 radical (unpaired) electrons. The molecule has 2 rings (SSSR count). The Morgan fingerprint density at radius 1 is 1.20 bits per heavy atom. The summed E-state index contributed by atoms with van der Waals surface area (Å²) in [7, 11) is 0. The summed E-state index contributed by atoms with van der Waals surface area (Å²) in [4.78, 5) is 12.3. The topological polar surface area (TPSA) is 17.1 Å². The number of hydrogen-bond donors (Lipinski definition) is 0. The van der Waals surface area contributed by atoms with Crippen molar-refractivity contribution < 1.29 is 9.18 Å². The Bertz CT molecular complexity index is 659. The molecule has 0 aliphatic carbocycles. The summed E-state index contributed by atoms with van der Waals surface area (Å²) in [5.74, 6) is -0.462. The Balaban J connectivity index is 2.31. The lowest BCUT2D eigenvalue weighted by molar-refractivity contribution is 0.0993. The van der Waals surface area contributed by atoms with Crippen LogP contribution in [0, 0.1) is 19.7 Å². The first-order valence-corrected chi connectivity index (χ1v) is 7.29. The summed E-state index contributed by atoms with van der Waals surface area (Å²) in [6.45, 7) is 3.87. The largest absolute Gasteiger partial charge is 0.294 e. The highest BCUT2D eigenvalue weighted by Gasteiger charge is 2.13. The summed E-state index contributed by atoms with van der Waals surface area (Å²) in [6.07, 6.45) is 0.0944. The second kappa shape index (κ2) is 6.06. The zero-order valence-corrected chi connectivity index (χ0v) is 13.5. The predicted octanol–water partition coefficient (Wildman–Crippen LogP) is 5.28. The van der Waals surface area contributed by atoms with Crippen molar-refractivity contribution in [3.8, 4) is 0 Å². The SMILES string of the molecule is Cc1cc(C(=O)Cc2cc(F)ccc2Cl)cc(C)c1Br. The van der Waals surface area contributed by atoms with Crippen LogP contribution in [0.2, 0.25) is 5.02 Å². The van der Waals surface area contributed by atoms with Gasteiger partial charge >= 0.3 is 0 Å². The predicted molar refractivity (Wildman–Crippen MR) is 83.1 cm³/mol. The Kier molecular flexibility index (Phi) is 4.61. The van der Waals surface area contributed by atoms with Gasteiger partial charge in [0.25, 0.3) is 0 Å². The Morgan fingerprint density at radius 3 is 2.40 bits per heavy atom. The number of carbonyl (C=O) groups is 1. The lowest BCUT2D eigenvalue weighted by Gasteiger charge is -2.08. The van der Waals surface area contributed by atoms with Gasteiger partial charge in [-0.2, -0.15) is 0 Å². The first kappa shape index (κ1) is 15.2. The van der Waals surface area contributed by atoms with E-state index in [0.29, 0.717) is 16.1 Å². The number of ketones is 1. The molecule has 0 saturated carbocycles. The minimum atomic E-state index is -0.389. The van der Waals surface area contributed by atoms with Crippen molar-refractivity contribution in [2.24, 2.45) is 0 Å². The Labute approximate surface area is 130 Å². The van der Waals surface area contributed by atoms with E-state index in [1.54, 1.807) is 0 Å². The molecule has 0 aromatic heterocycles. The molecule has 0 heterocycles. The fraction of sp³-hybridized carbons (Fsp3) is 0.188. The van der Waals surface area contributed by atoms with Gasteiger partial charge in [0.05, 0.1) is 0 Å². The van der Waals surface area contributed by atoms with Gasteiger partial charge in [0.2, 0.25) is 0 Å². The summed E-state index contributed by atoms with van der Waals surface area (Å²) in [6, 6.07) is 7.71. The van der Waals surface area contributed by atoms with E-state index >= 15 is 0 Å². The monoisotopic (exact) mass is 354 g/mol. The summed E-state index contributed by atoms with van der Waals surface area (Å²) in [5, 5.41) is 0.408. The van der Waals surface area contributed by atoms with Crippen LogP contribution in [-0.2, 0) is 6.42 Å². The van der Waals surface area contributed by atoms with E-state index in [9.17, 15) is 9.18 Å². The second-order valence-electron chi connectivity index (χ2n) is 4.76. The van der Waals surface area contributed by atoms with Crippen molar-refractivity contribution in [1.29, 1.82) is 0 Å². The molecule has 0 amide bonds. The molecular weight excluding hydrogens is 343 g/mol. The fourth-order valence-electron chi connectivity index (χ4n) is 2.06. The highest BCUT2D eigenvalue weighted by atomic mass is 79.9. The van der Waals surface area contributed by atoms with Crippen LogP contribution in [-0.4, -0.2) is 5.78 Å². The van der Waals surface area contributed by atoms with Crippen molar-refractivity contribution in [3.63, 3.8) is 0 Å². The third-order valence-corrected chi connectivity index (χ3v) is 4.74. The van der Waals surface area contributed by atoms with Gasteiger partial charge in [-0.25, -0.2) is 4.39 Å². The minimum absolute atomic E-state index is 0.0730. The molecule has 2 aromatic rings. The van der Waals surface area contributed by atoms with Gasteiger partial charge in [0.1, 0.15) is 5.82 Å². The Hall–Kier alpha value is -1.19. The summed E-state index contributed by atoms with van der Waals surface area (Å²) < 4.78 is 14.2. The molecule has 0 unspecified atom stereocenters. The highest BCUT2D eigenvalue weighted by Crippen LogP contribution is 2.24. The highest BCUT2D eigenvalue weighted by molar-refractivity contribution is 9.10. The van der Waals surface area contributed by atoms with E-state index in [-0.39, 0.29) is 18.0 Å². The molecule has 0 fully saturated rings. The molecule has 2 aromatic carbocycles. The molecule has 0 N–H and O–H groups in total. The van der Waals surface area contributed by atoms with Crippen LogP contribution in [0.4, 0.5) is 4.39 Å². The number of rotatable bonds is 3. The zero-order valence-electron chi connectivity index (χ0n) is 11.1. The number of halogens is 3. The molecule has 0 aliphatic heterocycles. The molecule has 4 heteroatoms. The smallest absolute Gasteiger partial charge is 0.167 e. The number of hydrogen-bond acceptors (Lipinski definition) is 1. The number of carbonyl (C=O) groups excluding carboxylic acids is 1. The van der Waals surface area contributed by atoms with E-state index in [4.69, 9.17) is 11.6 Å². The van der Waals surface area contributed by atoms with E-state index in [1.807, 2.05) is 26.0 Å². The van der Waals surface area contributed by atoms with Crippen LogP contribution < -0.4 is 0 Å². The van der Waals surface area contributed by atoms with Crippen LogP contribution in [0.15, 0.2) is 34.8 Å². The molecule has 20 heavy (non-hydrogen) atoms. The molecule has 0 saturated heterocycles. The fourth-order valence-corrected chi connectivity index (χ4v) is 2.47. The first-order chi connectivity index (χ1) is 9.38. The standard InChI is InChI=1S/C16H13BrClFO/c1-9-5-12(6-10(2)16(9)17)15(20)8-11-7-13(19)3-4-14(11)18/h3-7H,8H2,1-2H3. The van der Waals surface area contributed by atoms with E-state index < -0.39 is 0 Å². The van der Waals surface area contributed by atoms with E-state index in [2.05, 4.69) is 15.9 Å². The second-order valence-corrected chi connectivity index (χ2v) is 5.96. The summed E-state index contributed by atoms with van der Waals surface area (Å²) >= 11 is 9.46. The Morgan fingerprint density at radius 2 is 1.80 bits per heavy atom.